The van der Waals surface area contributed by atoms with Crippen LogP contribution in [0.5, 0.6) is 0 Å². The van der Waals surface area contributed by atoms with Gasteiger partial charge in [-0.15, -0.1) is 11.3 Å². The first-order valence-corrected chi connectivity index (χ1v) is 7.84. The summed E-state index contributed by atoms with van der Waals surface area (Å²) in [5.41, 5.74) is 0. The summed E-state index contributed by atoms with van der Waals surface area (Å²) in [5, 5.41) is 7.07. The number of carbonyl (C=O) groups excluding carboxylic acids is 2. The Labute approximate surface area is 123 Å². The van der Waals surface area contributed by atoms with Crippen molar-refractivity contribution in [1.82, 2.24) is 15.5 Å². The van der Waals surface area contributed by atoms with Crippen molar-refractivity contribution >= 4 is 23.2 Å². The average molecular weight is 295 g/mol. The highest BCUT2D eigenvalue weighted by molar-refractivity contribution is 7.10. The lowest BCUT2D eigenvalue weighted by Crippen LogP contribution is -2.43. The van der Waals surface area contributed by atoms with Gasteiger partial charge in [-0.05, 0) is 43.3 Å². The molecule has 1 aromatic rings. The minimum atomic E-state index is -0.582. The zero-order valence-electron chi connectivity index (χ0n) is 11.7. The average Bonchev–Trinajstić information content (AvgIpc) is 3.01. The minimum Gasteiger partial charge on any atom is -0.351 e. The summed E-state index contributed by atoms with van der Waals surface area (Å²) in [6.07, 6.45) is 2.34. The molecule has 1 aromatic heterocycles. The van der Waals surface area contributed by atoms with E-state index in [4.69, 9.17) is 0 Å². The highest BCUT2D eigenvalue weighted by Gasteiger charge is 2.21. The molecular weight excluding hydrogens is 274 g/mol. The Morgan fingerprint density at radius 2 is 2.10 bits per heavy atom. The Bertz CT molecular complexity index is 439. The fourth-order valence-electron chi connectivity index (χ4n) is 2.49. The van der Waals surface area contributed by atoms with Crippen LogP contribution in [0.2, 0.25) is 0 Å². The molecule has 5 nitrogen and oxygen atoms in total. The van der Waals surface area contributed by atoms with Crippen molar-refractivity contribution in [3.05, 3.63) is 22.4 Å². The number of nitrogens with zero attached hydrogens (tertiary/aromatic N) is 1. The summed E-state index contributed by atoms with van der Waals surface area (Å²) in [4.78, 5) is 26.1. The quantitative estimate of drug-likeness (QED) is 0.807. The molecule has 0 atom stereocenters. The van der Waals surface area contributed by atoms with Gasteiger partial charge < -0.3 is 15.5 Å². The standard InChI is InChI=1S/C14H21N3O2S/c1-15-13(18)14(19)16-6-9-17-7-4-11(5-8-17)12-3-2-10-20-12/h2-3,10-11H,4-9H2,1H3,(H,15,18)(H,16,19). The number of thiophene rings is 1. The summed E-state index contributed by atoms with van der Waals surface area (Å²) >= 11 is 1.84. The Hall–Kier alpha value is -1.40. The third-order valence-electron chi connectivity index (χ3n) is 3.68. The van der Waals surface area contributed by atoms with Crippen molar-refractivity contribution in [3.8, 4) is 0 Å². The van der Waals surface area contributed by atoms with Crippen molar-refractivity contribution in [2.45, 2.75) is 18.8 Å². The van der Waals surface area contributed by atoms with Crippen LogP contribution in [0.25, 0.3) is 0 Å². The van der Waals surface area contributed by atoms with Crippen molar-refractivity contribution in [3.63, 3.8) is 0 Å². The van der Waals surface area contributed by atoms with Gasteiger partial charge in [-0.25, -0.2) is 0 Å². The zero-order valence-corrected chi connectivity index (χ0v) is 12.5. The van der Waals surface area contributed by atoms with E-state index in [9.17, 15) is 9.59 Å². The Balaban J connectivity index is 1.65. The molecular formula is C14H21N3O2S. The van der Waals surface area contributed by atoms with Gasteiger partial charge in [0.15, 0.2) is 0 Å². The van der Waals surface area contributed by atoms with E-state index in [2.05, 4.69) is 33.0 Å². The number of rotatable bonds is 4. The summed E-state index contributed by atoms with van der Waals surface area (Å²) < 4.78 is 0. The molecule has 1 saturated heterocycles. The van der Waals surface area contributed by atoms with Crippen LogP contribution in [-0.4, -0.2) is 49.9 Å². The second kappa shape index (κ2) is 7.40. The Morgan fingerprint density at radius 3 is 2.70 bits per heavy atom. The van der Waals surface area contributed by atoms with Gasteiger partial charge in [-0.3, -0.25) is 9.59 Å². The SMILES string of the molecule is CNC(=O)C(=O)NCCN1CCC(c2cccs2)CC1. The lowest BCUT2D eigenvalue weighted by atomic mass is 9.95. The number of likely N-dealkylation sites (tertiary alicyclic amines) is 1. The molecule has 20 heavy (non-hydrogen) atoms. The van der Waals surface area contributed by atoms with Gasteiger partial charge >= 0.3 is 11.8 Å². The molecule has 0 saturated carbocycles. The minimum absolute atomic E-state index is 0.524. The zero-order chi connectivity index (χ0) is 14.4. The summed E-state index contributed by atoms with van der Waals surface area (Å²) in [5.74, 6) is -0.450. The third kappa shape index (κ3) is 4.05. The maximum atomic E-state index is 11.3. The van der Waals surface area contributed by atoms with Crippen LogP contribution < -0.4 is 10.6 Å². The van der Waals surface area contributed by atoms with Crippen LogP contribution in [0.4, 0.5) is 0 Å². The van der Waals surface area contributed by atoms with E-state index < -0.39 is 11.8 Å². The van der Waals surface area contributed by atoms with Crippen molar-refractivity contribution < 1.29 is 9.59 Å². The van der Waals surface area contributed by atoms with Crippen LogP contribution in [-0.2, 0) is 9.59 Å². The first-order chi connectivity index (χ1) is 9.70. The van der Waals surface area contributed by atoms with Crippen molar-refractivity contribution in [2.75, 3.05) is 33.2 Å². The lowest BCUT2D eigenvalue weighted by Gasteiger charge is -2.31. The Kier molecular flexibility index (Phi) is 5.55. The van der Waals surface area contributed by atoms with E-state index in [1.54, 1.807) is 0 Å². The molecule has 0 aliphatic carbocycles. The maximum Gasteiger partial charge on any atom is 0.309 e. The molecule has 2 rings (SSSR count). The van der Waals surface area contributed by atoms with Crippen LogP contribution in [0.15, 0.2) is 17.5 Å². The third-order valence-corrected chi connectivity index (χ3v) is 4.71. The molecule has 6 heteroatoms. The van der Waals surface area contributed by atoms with E-state index in [0.29, 0.717) is 12.5 Å². The van der Waals surface area contributed by atoms with Gasteiger partial charge in [0, 0.05) is 25.0 Å². The summed E-state index contributed by atoms with van der Waals surface area (Å²) in [6, 6.07) is 4.33. The molecule has 1 aliphatic heterocycles. The molecule has 2 N–H and O–H groups in total. The molecule has 0 bridgehead atoms. The summed E-state index contributed by atoms with van der Waals surface area (Å²) in [6.45, 7) is 3.44. The molecule has 0 radical (unpaired) electrons. The van der Waals surface area contributed by atoms with E-state index in [-0.39, 0.29) is 0 Å². The molecule has 0 aromatic carbocycles. The van der Waals surface area contributed by atoms with Crippen molar-refractivity contribution in [2.24, 2.45) is 0 Å². The fraction of sp³-hybridized carbons (Fsp3) is 0.571. The largest absolute Gasteiger partial charge is 0.351 e. The lowest BCUT2D eigenvalue weighted by molar-refractivity contribution is -0.138. The van der Waals surface area contributed by atoms with Gasteiger partial charge in [0.1, 0.15) is 0 Å². The number of hydrogen-bond donors (Lipinski definition) is 2. The number of nitrogens with one attached hydrogen (secondary N) is 2. The van der Waals surface area contributed by atoms with Gasteiger partial charge in [0.2, 0.25) is 0 Å². The molecule has 0 spiro atoms. The predicted octanol–water partition coefficient (Wildman–Crippen LogP) is 0.790. The number of carbonyl (C=O) groups is 2. The monoisotopic (exact) mass is 295 g/mol. The van der Waals surface area contributed by atoms with Crippen LogP contribution in [0.3, 0.4) is 0 Å². The fourth-order valence-corrected chi connectivity index (χ4v) is 3.39. The molecule has 1 fully saturated rings. The number of likely N-dealkylation sites (N-methyl/N-ethyl adjacent to an activating group) is 1. The Morgan fingerprint density at radius 1 is 1.35 bits per heavy atom. The highest BCUT2D eigenvalue weighted by Crippen LogP contribution is 2.30. The molecule has 2 amide bonds. The van der Waals surface area contributed by atoms with Crippen LogP contribution >= 0.6 is 11.3 Å². The van der Waals surface area contributed by atoms with E-state index in [1.807, 2.05) is 11.3 Å². The topological polar surface area (TPSA) is 61.4 Å². The van der Waals surface area contributed by atoms with Gasteiger partial charge in [-0.2, -0.15) is 0 Å². The van der Waals surface area contributed by atoms with Crippen LogP contribution in [0, 0.1) is 0 Å². The first kappa shape index (κ1) is 15.0. The summed E-state index contributed by atoms with van der Waals surface area (Å²) in [7, 11) is 1.46. The van der Waals surface area contributed by atoms with Gasteiger partial charge in [0.05, 0.1) is 0 Å². The molecule has 0 unspecified atom stereocenters. The number of piperidine rings is 1. The normalized spacial score (nSPS) is 16.9. The second-order valence-corrected chi connectivity index (χ2v) is 5.95. The maximum absolute atomic E-state index is 11.3. The first-order valence-electron chi connectivity index (χ1n) is 6.96. The highest BCUT2D eigenvalue weighted by atomic mass is 32.1. The number of amides is 2. The van der Waals surface area contributed by atoms with E-state index >= 15 is 0 Å². The predicted molar refractivity (Wildman–Crippen MR) is 79.8 cm³/mol. The van der Waals surface area contributed by atoms with E-state index in [0.717, 1.165) is 19.6 Å². The number of hydrogen-bond acceptors (Lipinski definition) is 4. The van der Waals surface area contributed by atoms with Crippen molar-refractivity contribution in [1.29, 1.82) is 0 Å². The van der Waals surface area contributed by atoms with Crippen LogP contribution in [0.1, 0.15) is 23.6 Å². The van der Waals surface area contributed by atoms with Gasteiger partial charge in [-0.1, -0.05) is 6.07 Å². The molecule has 110 valence electrons. The smallest absolute Gasteiger partial charge is 0.309 e. The van der Waals surface area contributed by atoms with Gasteiger partial charge in [0.25, 0.3) is 0 Å². The van der Waals surface area contributed by atoms with E-state index in [1.165, 1.54) is 24.8 Å². The second-order valence-electron chi connectivity index (χ2n) is 4.97. The molecule has 2 heterocycles. The molecule has 1 aliphatic rings.